The van der Waals surface area contributed by atoms with Crippen molar-refractivity contribution in [2.24, 2.45) is 0 Å². The number of rotatable bonds is 72. The zero-order valence-electron chi connectivity index (χ0n) is 56.3. The Morgan fingerprint density at radius 3 is 0.488 bits per heavy atom. The zero-order valence-corrected chi connectivity index (χ0v) is 56.3. The second kappa shape index (κ2) is 71.9. The monoisotopic (exact) mass is 1160 g/mol. The van der Waals surface area contributed by atoms with E-state index in [0.717, 1.165) is 57.8 Å². The molecular formula is C76H148O6. The molecule has 0 aromatic heterocycles. The maximum absolute atomic E-state index is 12.9. The summed E-state index contributed by atoms with van der Waals surface area (Å²) in [6.45, 7) is 6.75. The lowest BCUT2D eigenvalue weighted by molar-refractivity contribution is -0.167. The summed E-state index contributed by atoms with van der Waals surface area (Å²) in [6.07, 6.45) is 85.9. The van der Waals surface area contributed by atoms with Gasteiger partial charge in [-0.3, -0.25) is 14.4 Å². The molecule has 0 saturated carbocycles. The van der Waals surface area contributed by atoms with Gasteiger partial charge in [0.2, 0.25) is 0 Å². The Bertz CT molecular complexity index is 1240. The second-order valence-electron chi connectivity index (χ2n) is 26.3. The maximum atomic E-state index is 12.9. The minimum absolute atomic E-state index is 0.0601. The van der Waals surface area contributed by atoms with Gasteiger partial charge in [-0.1, -0.05) is 412 Å². The molecule has 0 saturated heterocycles. The molecule has 1 unspecified atom stereocenters. The lowest BCUT2D eigenvalue weighted by atomic mass is 10.0. The lowest BCUT2D eigenvalue weighted by Gasteiger charge is -2.18. The van der Waals surface area contributed by atoms with Gasteiger partial charge in [-0.25, -0.2) is 0 Å². The van der Waals surface area contributed by atoms with Crippen LogP contribution in [0.4, 0.5) is 0 Å². The van der Waals surface area contributed by atoms with Crippen LogP contribution in [0, 0.1) is 0 Å². The van der Waals surface area contributed by atoms with Crippen molar-refractivity contribution >= 4 is 17.9 Å². The summed E-state index contributed by atoms with van der Waals surface area (Å²) in [5, 5.41) is 0. The van der Waals surface area contributed by atoms with E-state index in [-0.39, 0.29) is 31.1 Å². The number of ether oxygens (including phenoxy) is 3. The molecular weight excluding hydrogens is 1010 g/mol. The van der Waals surface area contributed by atoms with Crippen LogP contribution in [-0.4, -0.2) is 37.2 Å². The molecule has 0 spiro atoms. The average molecular weight is 1160 g/mol. The fourth-order valence-electron chi connectivity index (χ4n) is 12.2. The topological polar surface area (TPSA) is 78.9 Å². The standard InChI is InChI=1S/C76H148O6/c1-4-7-10-13-16-19-22-25-28-30-31-32-33-34-35-36-37-38-39-40-41-42-43-44-45-47-48-51-54-57-60-63-66-69-75(78)81-72-73(71-80-74(77)68-65-62-59-56-53-50-27-24-21-18-15-12-9-6-3)82-76(79)70-67-64-61-58-55-52-49-46-29-26-23-20-17-14-11-8-5-2/h73H,4-72H2,1-3H3. The van der Waals surface area contributed by atoms with Gasteiger partial charge in [-0.15, -0.1) is 0 Å². The Balaban J connectivity index is 4.07. The van der Waals surface area contributed by atoms with Crippen molar-refractivity contribution in [3.63, 3.8) is 0 Å². The molecule has 82 heavy (non-hydrogen) atoms. The van der Waals surface area contributed by atoms with Crippen molar-refractivity contribution < 1.29 is 28.6 Å². The first-order valence-electron chi connectivity index (χ1n) is 38.0. The molecule has 0 heterocycles. The van der Waals surface area contributed by atoms with Crippen molar-refractivity contribution in [3.05, 3.63) is 0 Å². The van der Waals surface area contributed by atoms with Crippen molar-refractivity contribution in [3.8, 4) is 0 Å². The zero-order chi connectivity index (χ0) is 59.2. The number of unbranched alkanes of at least 4 members (excludes halogenated alkanes) is 61. The third-order valence-corrected chi connectivity index (χ3v) is 17.9. The third-order valence-electron chi connectivity index (χ3n) is 17.9. The number of hydrogen-bond acceptors (Lipinski definition) is 6. The van der Waals surface area contributed by atoms with Crippen LogP contribution in [-0.2, 0) is 28.6 Å². The predicted molar refractivity (Wildman–Crippen MR) is 358 cm³/mol. The van der Waals surface area contributed by atoms with E-state index in [1.807, 2.05) is 0 Å². The van der Waals surface area contributed by atoms with Gasteiger partial charge < -0.3 is 14.2 Å². The van der Waals surface area contributed by atoms with Crippen molar-refractivity contribution in [1.82, 2.24) is 0 Å². The molecule has 0 aromatic rings. The summed E-state index contributed by atoms with van der Waals surface area (Å²) in [4.78, 5) is 38.4. The van der Waals surface area contributed by atoms with Gasteiger partial charge in [0.05, 0.1) is 0 Å². The highest BCUT2D eigenvalue weighted by Crippen LogP contribution is 2.20. The van der Waals surface area contributed by atoms with Crippen LogP contribution in [0.25, 0.3) is 0 Å². The van der Waals surface area contributed by atoms with Gasteiger partial charge >= 0.3 is 17.9 Å². The fraction of sp³-hybridized carbons (Fsp3) is 0.961. The van der Waals surface area contributed by atoms with Crippen LogP contribution in [0.3, 0.4) is 0 Å². The Kier molecular flexibility index (Phi) is 70.5. The Morgan fingerprint density at radius 2 is 0.329 bits per heavy atom. The number of esters is 3. The number of hydrogen-bond donors (Lipinski definition) is 0. The average Bonchev–Trinajstić information content (AvgIpc) is 3.47. The number of carbonyl (C=O) groups is 3. The Labute approximate surface area is 514 Å². The minimum Gasteiger partial charge on any atom is -0.462 e. The van der Waals surface area contributed by atoms with Crippen LogP contribution in [0.1, 0.15) is 451 Å². The second-order valence-corrected chi connectivity index (χ2v) is 26.3. The first kappa shape index (κ1) is 80.4. The highest BCUT2D eigenvalue weighted by molar-refractivity contribution is 5.71. The highest BCUT2D eigenvalue weighted by Gasteiger charge is 2.20. The molecule has 0 aliphatic carbocycles. The summed E-state index contributed by atoms with van der Waals surface area (Å²) in [7, 11) is 0. The summed E-state index contributed by atoms with van der Waals surface area (Å²) >= 11 is 0. The van der Waals surface area contributed by atoms with Gasteiger partial charge in [-0.05, 0) is 19.3 Å². The van der Waals surface area contributed by atoms with E-state index in [4.69, 9.17) is 14.2 Å². The molecule has 0 rings (SSSR count). The number of carbonyl (C=O) groups excluding carboxylic acids is 3. The molecule has 6 nitrogen and oxygen atoms in total. The molecule has 0 aromatic carbocycles. The molecule has 0 aliphatic heterocycles. The Hall–Kier alpha value is -1.59. The van der Waals surface area contributed by atoms with Crippen LogP contribution in [0.15, 0.2) is 0 Å². The normalized spacial score (nSPS) is 11.9. The Morgan fingerprint density at radius 1 is 0.195 bits per heavy atom. The van der Waals surface area contributed by atoms with Crippen LogP contribution < -0.4 is 0 Å². The van der Waals surface area contributed by atoms with E-state index in [1.165, 1.54) is 353 Å². The molecule has 1 atom stereocenters. The minimum atomic E-state index is -0.763. The van der Waals surface area contributed by atoms with Gasteiger partial charge in [0.1, 0.15) is 13.2 Å². The van der Waals surface area contributed by atoms with Crippen LogP contribution in [0.5, 0.6) is 0 Å². The molecule has 0 fully saturated rings. The molecule has 0 bridgehead atoms. The molecule has 0 N–H and O–H groups in total. The fourth-order valence-corrected chi connectivity index (χ4v) is 12.2. The van der Waals surface area contributed by atoms with Gasteiger partial charge in [-0.2, -0.15) is 0 Å². The van der Waals surface area contributed by atoms with Crippen LogP contribution >= 0.6 is 0 Å². The van der Waals surface area contributed by atoms with E-state index < -0.39 is 6.10 Å². The molecule has 0 radical (unpaired) electrons. The van der Waals surface area contributed by atoms with Crippen LogP contribution in [0.2, 0.25) is 0 Å². The lowest BCUT2D eigenvalue weighted by Crippen LogP contribution is -2.30. The molecule has 0 aliphatic rings. The van der Waals surface area contributed by atoms with E-state index in [2.05, 4.69) is 20.8 Å². The van der Waals surface area contributed by atoms with E-state index in [1.54, 1.807) is 0 Å². The van der Waals surface area contributed by atoms with Gasteiger partial charge in [0.15, 0.2) is 6.10 Å². The SMILES string of the molecule is CCCCCCCCCCCCCCCCCCCCCCCCCCCCCCCCCCCC(=O)OCC(COC(=O)CCCCCCCCCCCCCCCC)OC(=O)CCCCCCCCCCCCCCCCCCC. The maximum Gasteiger partial charge on any atom is 0.306 e. The first-order chi connectivity index (χ1) is 40.5. The van der Waals surface area contributed by atoms with E-state index in [0.29, 0.717) is 19.3 Å². The van der Waals surface area contributed by atoms with Crippen molar-refractivity contribution in [1.29, 1.82) is 0 Å². The predicted octanol–water partition coefficient (Wildman–Crippen LogP) is 26.2. The first-order valence-corrected chi connectivity index (χ1v) is 38.0. The van der Waals surface area contributed by atoms with Crippen molar-refractivity contribution in [2.45, 2.75) is 457 Å². The largest absolute Gasteiger partial charge is 0.462 e. The quantitative estimate of drug-likeness (QED) is 0.0343. The van der Waals surface area contributed by atoms with E-state index >= 15 is 0 Å². The van der Waals surface area contributed by atoms with E-state index in [9.17, 15) is 14.4 Å². The highest BCUT2D eigenvalue weighted by atomic mass is 16.6. The summed E-state index contributed by atoms with van der Waals surface area (Å²) < 4.78 is 17.0. The summed E-state index contributed by atoms with van der Waals surface area (Å²) in [6, 6.07) is 0. The van der Waals surface area contributed by atoms with Gasteiger partial charge in [0, 0.05) is 19.3 Å². The van der Waals surface area contributed by atoms with Gasteiger partial charge in [0.25, 0.3) is 0 Å². The molecule has 0 amide bonds. The molecule has 6 heteroatoms. The summed E-state index contributed by atoms with van der Waals surface area (Å²) in [5.74, 6) is -0.818. The third kappa shape index (κ3) is 69.2. The molecule has 488 valence electrons. The smallest absolute Gasteiger partial charge is 0.306 e. The van der Waals surface area contributed by atoms with Crippen molar-refractivity contribution in [2.75, 3.05) is 13.2 Å². The summed E-state index contributed by atoms with van der Waals surface area (Å²) in [5.41, 5.74) is 0.